The summed E-state index contributed by atoms with van der Waals surface area (Å²) in [5, 5.41) is 5.61. The molecule has 1 atom stereocenters. The highest BCUT2D eigenvalue weighted by atomic mass is 32.1. The number of nitrogens with one attached hydrogen (secondary N) is 1. The molecule has 1 fully saturated rings. The number of amides is 1. The minimum Gasteiger partial charge on any atom is -0.407 e. The van der Waals surface area contributed by atoms with E-state index >= 15 is 0 Å². The van der Waals surface area contributed by atoms with Crippen LogP contribution >= 0.6 is 12.2 Å². The second-order valence-corrected chi connectivity index (χ2v) is 14.5. The Morgan fingerprint density at radius 2 is 1.51 bits per heavy atom. The molecule has 7 heteroatoms. The fourth-order valence-electron chi connectivity index (χ4n) is 4.97. The molecular formula is C28H31FN2O2SSi. The molecule has 0 aliphatic carbocycles. The van der Waals surface area contributed by atoms with Crippen LogP contribution in [0.2, 0.25) is 5.04 Å². The molecule has 35 heavy (non-hydrogen) atoms. The standard InChI is InChI=1S/C28H31FN2O2SSi/c1-28(2,3)35(23-10-6-4-7-11-23,24-12-8-5-9-13-24)33-19-18-25(21-14-16-22(29)17-15-21)31-26(32)20-30-27(31)34/h4-17,25H,18-20H2,1-3H3,(H,30,34)/t25-/m1/s1. The predicted octanol–water partition coefficient (Wildman–Crippen LogP) is 4.55. The van der Waals surface area contributed by atoms with Crippen molar-refractivity contribution in [1.29, 1.82) is 0 Å². The molecule has 1 amide bonds. The number of rotatable bonds is 8. The highest BCUT2D eigenvalue weighted by molar-refractivity contribution is 7.80. The lowest BCUT2D eigenvalue weighted by Crippen LogP contribution is -2.66. The first-order chi connectivity index (χ1) is 16.7. The van der Waals surface area contributed by atoms with Gasteiger partial charge in [0.1, 0.15) is 5.82 Å². The zero-order valence-electron chi connectivity index (χ0n) is 20.3. The minimum absolute atomic E-state index is 0.0882. The van der Waals surface area contributed by atoms with E-state index in [1.54, 1.807) is 17.0 Å². The van der Waals surface area contributed by atoms with E-state index < -0.39 is 8.32 Å². The van der Waals surface area contributed by atoms with Gasteiger partial charge in [-0.3, -0.25) is 9.69 Å². The molecule has 0 aromatic heterocycles. The van der Waals surface area contributed by atoms with Gasteiger partial charge in [0.2, 0.25) is 5.91 Å². The Bertz CT molecular complexity index is 1110. The number of nitrogens with zero attached hydrogens (tertiary/aromatic N) is 1. The van der Waals surface area contributed by atoms with Gasteiger partial charge in [-0.1, -0.05) is 93.6 Å². The summed E-state index contributed by atoms with van der Waals surface area (Å²) < 4.78 is 20.7. The minimum atomic E-state index is -2.71. The van der Waals surface area contributed by atoms with Crippen molar-refractivity contribution < 1.29 is 13.6 Å². The van der Waals surface area contributed by atoms with Crippen LogP contribution in [0.5, 0.6) is 0 Å². The van der Waals surface area contributed by atoms with E-state index in [-0.39, 0.29) is 29.3 Å². The SMILES string of the molecule is CC(C)(C)[Si](OCC[C@H](c1ccc(F)cc1)N1C(=O)CNC1=S)(c1ccccc1)c1ccccc1. The normalized spacial score (nSPS) is 15.3. The molecule has 3 aromatic carbocycles. The second kappa shape index (κ2) is 10.4. The molecular weight excluding hydrogens is 475 g/mol. The van der Waals surface area contributed by atoms with E-state index in [2.05, 4.69) is 74.6 Å². The average Bonchev–Trinajstić information content (AvgIpc) is 3.18. The molecule has 1 aliphatic rings. The molecule has 4 rings (SSSR count). The summed E-state index contributed by atoms with van der Waals surface area (Å²) in [6.45, 7) is 7.30. The van der Waals surface area contributed by atoms with Crippen molar-refractivity contribution in [1.82, 2.24) is 10.2 Å². The lowest BCUT2D eigenvalue weighted by molar-refractivity contribution is -0.126. The quantitative estimate of drug-likeness (QED) is 0.360. The van der Waals surface area contributed by atoms with Crippen molar-refractivity contribution in [3.63, 3.8) is 0 Å². The maximum Gasteiger partial charge on any atom is 0.261 e. The smallest absolute Gasteiger partial charge is 0.261 e. The van der Waals surface area contributed by atoms with E-state index in [1.807, 2.05) is 12.1 Å². The van der Waals surface area contributed by atoms with Crippen LogP contribution in [-0.2, 0) is 9.22 Å². The molecule has 1 saturated heterocycles. The van der Waals surface area contributed by atoms with E-state index in [0.29, 0.717) is 18.1 Å². The molecule has 1 N–H and O–H groups in total. The first-order valence-electron chi connectivity index (χ1n) is 11.8. The Morgan fingerprint density at radius 3 is 1.97 bits per heavy atom. The van der Waals surface area contributed by atoms with Crippen LogP contribution in [0.25, 0.3) is 0 Å². The Balaban J connectivity index is 1.70. The zero-order chi connectivity index (χ0) is 25.1. The van der Waals surface area contributed by atoms with Gasteiger partial charge in [-0.05, 0) is 51.7 Å². The number of carbonyl (C=O) groups excluding carboxylic acids is 1. The fourth-order valence-corrected chi connectivity index (χ4v) is 9.85. The molecule has 0 radical (unpaired) electrons. The Morgan fingerprint density at radius 1 is 0.971 bits per heavy atom. The summed E-state index contributed by atoms with van der Waals surface area (Å²) >= 11 is 5.44. The molecule has 0 bridgehead atoms. The summed E-state index contributed by atoms with van der Waals surface area (Å²) in [4.78, 5) is 14.3. The molecule has 1 heterocycles. The molecule has 0 saturated carbocycles. The molecule has 4 nitrogen and oxygen atoms in total. The van der Waals surface area contributed by atoms with Crippen LogP contribution in [0.15, 0.2) is 84.9 Å². The summed E-state index contributed by atoms with van der Waals surface area (Å²) in [6, 6.07) is 26.8. The monoisotopic (exact) mass is 506 g/mol. The van der Waals surface area contributed by atoms with Crippen LogP contribution in [-0.4, -0.2) is 37.4 Å². The number of benzene rings is 3. The van der Waals surface area contributed by atoms with Crippen LogP contribution < -0.4 is 15.7 Å². The summed E-state index contributed by atoms with van der Waals surface area (Å²) in [5.74, 6) is -0.403. The molecule has 3 aromatic rings. The van der Waals surface area contributed by atoms with Crippen molar-refractivity contribution in [2.75, 3.05) is 13.2 Å². The fraction of sp³-hybridized carbons (Fsp3) is 0.286. The Labute approximate surface area is 213 Å². The highest BCUT2D eigenvalue weighted by Crippen LogP contribution is 2.37. The van der Waals surface area contributed by atoms with E-state index in [1.165, 1.54) is 22.5 Å². The van der Waals surface area contributed by atoms with Gasteiger partial charge in [-0.15, -0.1) is 0 Å². The van der Waals surface area contributed by atoms with Gasteiger partial charge in [0, 0.05) is 6.61 Å². The lowest BCUT2D eigenvalue weighted by Gasteiger charge is -2.43. The van der Waals surface area contributed by atoms with Crippen LogP contribution in [0.4, 0.5) is 4.39 Å². The van der Waals surface area contributed by atoms with Gasteiger partial charge in [0.25, 0.3) is 8.32 Å². The first kappa shape index (κ1) is 25.2. The van der Waals surface area contributed by atoms with E-state index in [4.69, 9.17) is 16.6 Å². The summed E-state index contributed by atoms with van der Waals surface area (Å²) in [7, 11) is -2.71. The van der Waals surface area contributed by atoms with Crippen LogP contribution in [0, 0.1) is 5.82 Å². The number of carbonyl (C=O) groups is 1. The third-order valence-electron chi connectivity index (χ3n) is 6.57. The van der Waals surface area contributed by atoms with Crippen LogP contribution in [0.1, 0.15) is 38.8 Å². The van der Waals surface area contributed by atoms with E-state index in [0.717, 1.165) is 5.56 Å². The Kier molecular flexibility index (Phi) is 7.49. The third-order valence-corrected chi connectivity index (χ3v) is 12.0. The van der Waals surface area contributed by atoms with Gasteiger partial charge in [0.15, 0.2) is 5.11 Å². The van der Waals surface area contributed by atoms with Crippen molar-refractivity contribution >= 4 is 41.9 Å². The number of hydrogen-bond acceptors (Lipinski definition) is 3. The zero-order valence-corrected chi connectivity index (χ0v) is 22.1. The third kappa shape index (κ3) is 5.08. The van der Waals surface area contributed by atoms with Gasteiger partial charge >= 0.3 is 0 Å². The highest BCUT2D eigenvalue weighted by Gasteiger charge is 2.50. The van der Waals surface area contributed by atoms with Crippen molar-refractivity contribution in [2.45, 2.75) is 38.3 Å². The number of thiocarbonyl (C=S) groups is 1. The van der Waals surface area contributed by atoms with Gasteiger partial charge in [-0.25, -0.2) is 4.39 Å². The van der Waals surface area contributed by atoms with Crippen molar-refractivity contribution in [3.8, 4) is 0 Å². The maximum absolute atomic E-state index is 13.7. The largest absolute Gasteiger partial charge is 0.407 e. The molecule has 182 valence electrons. The second-order valence-electron chi connectivity index (χ2n) is 9.79. The molecule has 1 aliphatic heterocycles. The molecule has 0 spiro atoms. The lowest BCUT2D eigenvalue weighted by atomic mass is 10.0. The van der Waals surface area contributed by atoms with Gasteiger partial charge in [-0.2, -0.15) is 0 Å². The predicted molar refractivity (Wildman–Crippen MR) is 145 cm³/mol. The van der Waals surface area contributed by atoms with Crippen molar-refractivity contribution in [2.24, 2.45) is 0 Å². The number of hydrogen-bond donors (Lipinski definition) is 1. The molecule has 0 unspecified atom stereocenters. The van der Waals surface area contributed by atoms with Gasteiger partial charge < -0.3 is 9.74 Å². The summed E-state index contributed by atoms with van der Waals surface area (Å²) in [6.07, 6.45) is 0.531. The first-order valence-corrected chi connectivity index (χ1v) is 14.2. The maximum atomic E-state index is 13.7. The van der Waals surface area contributed by atoms with Crippen LogP contribution in [0.3, 0.4) is 0 Å². The van der Waals surface area contributed by atoms with E-state index in [9.17, 15) is 9.18 Å². The van der Waals surface area contributed by atoms with Gasteiger partial charge in [0.05, 0.1) is 12.6 Å². The topological polar surface area (TPSA) is 41.6 Å². The Hall–Kier alpha value is -2.87. The van der Waals surface area contributed by atoms with Crippen molar-refractivity contribution in [3.05, 3.63) is 96.3 Å². The number of halogens is 1. The average molecular weight is 507 g/mol. The summed E-state index contributed by atoms with van der Waals surface area (Å²) in [5.41, 5.74) is 0.830.